The van der Waals surface area contributed by atoms with Crippen LogP contribution in [0.1, 0.15) is 18.1 Å². The van der Waals surface area contributed by atoms with Crippen LogP contribution in [0.25, 0.3) is 0 Å². The molecule has 0 saturated carbocycles. The number of hydrogen-bond donors (Lipinski definition) is 2. The van der Waals surface area contributed by atoms with Crippen molar-refractivity contribution < 1.29 is 27.4 Å². The molecule has 2 aromatic carbocycles. The van der Waals surface area contributed by atoms with E-state index in [1.807, 2.05) is 0 Å². The Labute approximate surface area is 145 Å². The van der Waals surface area contributed by atoms with E-state index in [2.05, 4.69) is 4.72 Å². The highest BCUT2D eigenvalue weighted by Crippen LogP contribution is 2.32. The zero-order chi connectivity index (χ0) is 17.9. The minimum Gasteiger partial charge on any atom is -0.486 e. The number of aliphatic hydroxyl groups is 1. The van der Waals surface area contributed by atoms with Crippen molar-refractivity contribution in [2.45, 2.75) is 17.4 Å². The van der Waals surface area contributed by atoms with Gasteiger partial charge in [-0.1, -0.05) is 12.1 Å². The number of sulfonamides is 1. The molecular weight excluding hydrogens is 349 g/mol. The normalized spacial score (nSPS) is 15.0. The van der Waals surface area contributed by atoms with Crippen LogP contribution in [-0.4, -0.2) is 33.3 Å². The average molecular weight is 367 g/mol. The number of hydrogen-bond acceptors (Lipinski definition) is 5. The Morgan fingerprint density at radius 2 is 1.76 bits per heavy atom. The van der Waals surface area contributed by atoms with Gasteiger partial charge in [0.25, 0.3) is 0 Å². The average Bonchev–Trinajstić information content (AvgIpc) is 2.61. The molecule has 1 unspecified atom stereocenters. The molecule has 6 nitrogen and oxygen atoms in total. The van der Waals surface area contributed by atoms with Crippen molar-refractivity contribution in [2.75, 3.05) is 19.8 Å². The SMILES string of the molecule is O=S(=O)(NCCC(O)c1ccc(F)cc1)c1ccc2c(c1)OCCO2. The summed E-state index contributed by atoms with van der Waals surface area (Å²) in [7, 11) is -3.73. The summed E-state index contributed by atoms with van der Waals surface area (Å²) in [5.74, 6) is 0.507. The topological polar surface area (TPSA) is 84.9 Å². The Bertz CT molecular complexity index is 839. The van der Waals surface area contributed by atoms with Crippen molar-refractivity contribution in [1.82, 2.24) is 4.72 Å². The van der Waals surface area contributed by atoms with Gasteiger partial charge in [-0.2, -0.15) is 0 Å². The highest BCUT2D eigenvalue weighted by molar-refractivity contribution is 7.89. The Balaban J connectivity index is 1.61. The summed E-state index contributed by atoms with van der Waals surface area (Å²) in [6.07, 6.45) is -0.723. The lowest BCUT2D eigenvalue weighted by atomic mass is 10.1. The number of aliphatic hydroxyl groups excluding tert-OH is 1. The van der Waals surface area contributed by atoms with Crippen LogP contribution in [0.2, 0.25) is 0 Å². The first-order valence-corrected chi connectivity index (χ1v) is 9.27. The van der Waals surface area contributed by atoms with Crippen molar-refractivity contribution in [2.24, 2.45) is 0 Å². The van der Waals surface area contributed by atoms with E-state index < -0.39 is 21.9 Å². The molecule has 1 heterocycles. The summed E-state index contributed by atoms with van der Waals surface area (Å²) in [6.45, 7) is 0.835. The van der Waals surface area contributed by atoms with Crippen LogP contribution in [0.3, 0.4) is 0 Å². The largest absolute Gasteiger partial charge is 0.486 e. The molecule has 0 saturated heterocycles. The zero-order valence-corrected chi connectivity index (χ0v) is 14.1. The van der Waals surface area contributed by atoms with Crippen molar-refractivity contribution in [3.8, 4) is 11.5 Å². The van der Waals surface area contributed by atoms with E-state index in [1.165, 1.54) is 36.4 Å². The molecule has 2 aromatic rings. The molecule has 3 rings (SSSR count). The summed E-state index contributed by atoms with van der Waals surface area (Å²) >= 11 is 0. The molecule has 2 N–H and O–H groups in total. The molecule has 1 atom stereocenters. The van der Waals surface area contributed by atoms with E-state index in [4.69, 9.17) is 9.47 Å². The number of ether oxygens (including phenoxy) is 2. The highest BCUT2D eigenvalue weighted by atomic mass is 32.2. The van der Waals surface area contributed by atoms with Crippen LogP contribution < -0.4 is 14.2 Å². The van der Waals surface area contributed by atoms with Crippen LogP contribution in [0.15, 0.2) is 47.4 Å². The minimum atomic E-state index is -3.73. The molecule has 0 spiro atoms. The monoisotopic (exact) mass is 367 g/mol. The molecule has 0 aliphatic carbocycles. The van der Waals surface area contributed by atoms with Gasteiger partial charge < -0.3 is 14.6 Å². The molecule has 1 aliphatic heterocycles. The molecule has 1 aliphatic rings. The zero-order valence-electron chi connectivity index (χ0n) is 13.3. The van der Waals surface area contributed by atoms with E-state index in [0.29, 0.717) is 30.3 Å². The van der Waals surface area contributed by atoms with Crippen molar-refractivity contribution >= 4 is 10.0 Å². The predicted molar refractivity (Wildman–Crippen MR) is 88.6 cm³/mol. The maximum Gasteiger partial charge on any atom is 0.240 e. The first kappa shape index (κ1) is 17.7. The minimum absolute atomic E-state index is 0.0370. The fourth-order valence-corrected chi connectivity index (χ4v) is 3.52. The van der Waals surface area contributed by atoms with Gasteiger partial charge in [-0.15, -0.1) is 0 Å². The molecule has 0 amide bonds. The van der Waals surface area contributed by atoms with Crippen LogP contribution in [0, 0.1) is 5.82 Å². The maximum atomic E-state index is 12.9. The Morgan fingerprint density at radius 1 is 1.08 bits per heavy atom. The predicted octanol–water partition coefficient (Wildman–Crippen LogP) is 2.00. The van der Waals surface area contributed by atoms with E-state index in [-0.39, 0.29) is 17.9 Å². The molecule has 0 radical (unpaired) electrons. The fourth-order valence-electron chi connectivity index (χ4n) is 2.46. The maximum absolute atomic E-state index is 12.9. The van der Waals surface area contributed by atoms with Gasteiger partial charge in [0.1, 0.15) is 19.0 Å². The quantitative estimate of drug-likeness (QED) is 0.816. The lowest BCUT2D eigenvalue weighted by Crippen LogP contribution is -2.26. The van der Waals surface area contributed by atoms with Gasteiger partial charge in [0.05, 0.1) is 11.0 Å². The molecule has 0 aromatic heterocycles. The second kappa shape index (κ2) is 7.38. The van der Waals surface area contributed by atoms with Crippen LogP contribution in [0.4, 0.5) is 4.39 Å². The van der Waals surface area contributed by atoms with Crippen molar-refractivity contribution in [3.63, 3.8) is 0 Å². The third kappa shape index (κ3) is 4.28. The van der Waals surface area contributed by atoms with Crippen LogP contribution in [-0.2, 0) is 10.0 Å². The summed E-state index contributed by atoms with van der Waals surface area (Å²) in [4.78, 5) is 0.0630. The Kier molecular flexibility index (Phi) is 5.22. The van der Waals surface area contributed by atoms with Gasteiger partial charge in [-0.3, -0.25) is 0 Å². The summed E-state index contributed by atoms with van der Waals surface area (Å²) in [6, 6.07) is 9.83. The highest BCUT2D eigenvalue weighted by Gasteiger charge is 2.19. The van der Waals surface area contributed by atoms with E-state index in [1.54, 1.807) is 6.07 Å². The van der Waals surface area contributed by atoms with Crippen molar-refractivity contribution in [3.05, 3.63) is 53.8 Å². The molecule has 8 heteroatoms. The molecule has 0 fully saturated rings. The van der Waals surface area contributed by atoms with E-state index >= 15 is 0 Å². The molecule has 0 bridgehead atoms. The lowest BCUT2D eigenvalue weighted by Gasteiger charge is -2.19. The Morgan fingerprint density at radius 3 is 2.48 bits per heavy atom. The second-order valence-corrected chi connectivity index (χ2v) is 7.33. The third-order valence-electron chi connectivity index (χ3n) is 3.79. The number of rotatable bonds is 6. The van der Waals surface area contributed by atoms with Crippen LogP contribution in [0.5, 0.6) is 11.5 Å². The fraction of sp³-hybridized carbons (Fsp3) is 0.294. The number of benzene rings is 2. The van der Waals surface area contributed by atoms with E-state index in [0.717, 1.165) is 0 Å². The molecular formula is C17H18FNO5S. The van der Waals surface area contributed by atoms with Gasteiger partial charge in [0.2, 0.25) is 10.0 Å². The molecule has 25 heavy (non-hydrogen) atoms. The first-order valence-electron chi connectivity index (χ1n) is 7.78. The van der Waals surface area contributed by atoms with Gasteiger partial charge in [0.15, 0.2) is 11.5 Å². The standard InChI is InChI=1S/C17H18FNO5S/c18-13-3-1-12(2-4-13)15(20)7-8-19-25(21,22)14-5-6-16-17(11-14)24-10-9-23-16/h1-6,11,15,19-20H,7-10H2. The lowest BCUT2D eigenvalue weighted by molar-refractivity contribution is 0.169. The Hall–Kier alpha value is -2.16. The van der Waals surface area contributed by atoms with Crippen LogP contribution >= 0.6 is 0 Å². The number of nitrogens with one attached hydrogen (secondary N) is 1. The summed E-state index contributed by atoms with van der Waals surface area (Å²) in [5, 5.41) is 10.0. The number of fused-ring (bicyclic) bond motifs is 1. The van der Waals surface area contributed by atoms with Crippen molar-refractivity contribution in [1.29, 1.82) is 0 Å². The number of halogens is 1. The van der Waals surface area contributed by atoms with E-state index in [9.17, 15) is 17.9 Å². The molecule has 134 valence electrons. The van der Waals surface area contributed by atoms with Gasteiger partial charge in [-0.25, -0.2) is 17.5 Å². The summed E-state index contributed by atoms with van der Waals surface area (Å²) in [5.41, 5.74) is 0.528. The summed E-state index contributed by atoms with van der Waals surface area (Å²) < 4.78 is 50.7. The third-order valence-corrected chi connectivity index (χ3v) is 5.25. The first-order chi connectivity index (χ1) is 12.0. The second-order valence-electron chi connectivity index (χ2n) is 5.56. The van der Waals surface area contributed by atoms with Gasteiger partial charge in [0, 0.05) is 12.6 Å². The van der Waals surface area contributed by atoms with Gasteiger partial charge in [-0.05, 0) is 36.2 Å². The van der Waals surface area contributed by atoms with Gasteiger partial charge >= 0.3 is 0 Å². The smallest absolute Gasteiger partial charge is 0.240 e.